The van der Waals surface area contributed by atoms with E-state index in [-0.39, 0.29) is 18.1 Å². The van der Waals surface area contributed by atoms with Crippen LogP contribution in [-0.4, -0.2) is 10.7 Å². The molecule has 0 N–H and O–H groups in total. The van der Waals surface area contributed by atoms with Gasteiger partial charge in [-0.1, -0.05) is 23.8 Å². The molecule has 0 atom stereocenters. The molecule has 0 radical (unpaired) electrons. The van der Waals surface area contributed by atoms with Gasteiger partial charge in [-0.05, 0) is 56.3 Å². The Balaban J connectivity index is 1.60. The number of carbonyl (C=O) groups is 1. The highest BCUT2D eigenvalue weighted by molar-refractivity contribution is 6.06. The van der Waals surface area contributed by atoms with E-state index < -0.39 is 4.92 Å². The number of hydrogen-bond acceptors (Lipinski definition) is 5. The van der Waals surface area contributed by atoms with Crippen molar-refractivity contribution in [2.45, 2.75) is 20.5 Å². The fourth-order valence-electron chi connectivity index (χ4n) is 2.69. The minimum atomic E-state index is -0.428. The van der Waals surface area contributed by atoms with Crippen molar-refractivity contribution in [1.29, 1.82) is 0 Å². The summed E-state index contributed by atoms with van der Waals surface area (Å²) in [5, 5.41) is 10.9. The summed E-state index contributed by atoms with van der Waals surface area (Å²) in [5.74, 6) is 1.55. The molecule has 28 heavy (non-hydrogen) atoms. The fourth-order valence-corrected chi connectivity index (χ4v) is 2.69. The zero-order valence-electron chi connectivity index (χ0n) is 15.5. The third-order valence-electron chi connectivity index (χ3n) is 4.13. The van der Waals surface area contributed by atoms with Crippen LogP contribution in [-0.2, 0) is 6.61 Å². The lowest BCUT2D eigenvalue weighted by atomic mass is 10.1. The Kier molecular flexibility index (Phi) is 5.69. The van der Waals surface area contributed by atoms with Crippen LogP contribution < -0.4 is 4.74 Å². The Morgan fingerprint density at radius 2 is 1.96 bits per heavy atom. The molecular formula is C22H19NO5. The van der Waals surface area contributed by atoms with E-state index in [1.807, 2.05) is 25.1 Å². The highest BCUT2D eigenvalue weighted by Gasteiger charge is 2.11. The van der Waals surface area contributed by atoms with Gasteiger partial charge in [-0.15, -0.1) is 0 Å². The number of ether oxygens (including phenoxy) is 1. The number of hydrogen-bond donors (Lipinski definition) is 0. The Bertz CT molecular complexity index is 1050. The van der Waals surface area contributed by atoms with E-state index in [1.54, 1.807) is 43.3 Å². The zero-order valence-corrected chi connectivity index (χ0v) is 15.5. The second kappa shape index (κ2) is 8.35. The first-order valence-electron chi connectivity index (χ1n) is 8.68. The molecule has 0 aliphatic rings. The van der Waals surface area contributed by atoms with E-state index in [4.69, 9.17) is 9.15 Å². The van der Waals surface area contributed by atoms with E-state index >= 15 is 0 Å². The van der Waals surface area contributed by atoms with Crippen LogP contribution in [0.3, 0.4) is 0 Å². The van der Waals surface area contributed by atoms with Crippen molar-refractivity contribution < 1.29 is 18.9 Å². The first-order valence-corrected chi connectivity index (χ1v) is 8.68. The number of nitro groups is 1. The Morgan fingerprint density at radius 1 is 1.14 bits per heavy atom. The SMILES string of the molecule is Cc1cccc(C(=O)/C=C/c2ccc(COc3ccc([N+](=O)[O-])c(C)c3)o2)c1. The average molecular weight is 377 g/mol. The minimum Gasteiger partial charge on any atom is -0.486 e. The topological polar surface area (TPSA) is 82.6 Å². The quantitative estimate of drug-likeness (QED) is 0.242. The predicted octanol–water partition coefficient (Wildman–Crippen LogP) is 5.28. The highest BCUT2D eigenvalue weighted by Crippen LogP contribution is 2.24. The second-order valence-electron chi connectivity index (χ2n) is 6.37. The molecule has 0 amide bonds. The van der Waals surface area contributed by atoms with Gasteiger partial charge in [0.05, 0.1) is 4.92 Å². The fraction of sp³-hybridized carbons (Fsp3) is 0.136. The molecule has 0 fully saturated rings. The number of benzene rings is 2. The van der Waals surface area contributed by atoms with Crippen LogP contribution in [0.15, 0.2) is 65.1 Å². The smallest absolute Gasteiger partial charge is 0.272 e. The maximum atomic E-state index is 12.2. The monoisotopic (exact) mass is 377 g/mol. The number of nitro benzene ring substituents is 1. The van der Waals surface area contributed by atoms with E-state index in [1.165, 1.54) is 12.1 Å². The number of rotatable bonds is 7. The van der Waals surface area contributed by atoms with Gasteiger partial charge in [0.15, 0.2) is 5.78 Å². The Morgan fingerprint density at radius 3 is 2.68 bits per heavy atom. The maximum absolute atomic E-state index is 12.2. The molecule has 6 nitrogen and oxygen atoms in total. The van der Waals surface area contributed by atoms with Gasteiger partial charge in [0.1, 0.15) is 23.9 Å². The van der Waals surface area contributed by atoms with Crippen LogP contribution >= 0.6 is 0 Å². The molecule has 0 saturated carbocycles. The summed E-state index contributed by atoms with van der Waals surface area (Å²) >= 11 is 0. The zero-order chi connectivity index (χ0) is 20.1. The van der Waals surface area contributed by atoms with Gasteiger partial charge in [0, 0.05) is 17.2 Å². The van der Waals surface area contributed by atoms with E-state index in [2.05, 4.69) is 0 Å². The molecule has 3 aromatic rings. The number of aryl methyl sites for hydroxylation is 2. The van der Waals surface area contributed by atoms with Crippen molar-refractivity contribution >= 4 is 17.5 Å². The molecule has 0 unspecified atom stereocenters. The van der Waals surface area contributed by atoms with Gasteiger partial charge in [-0.2, -0.15) is 0 Å². The summed E-state index contributed by atoms with van der Waals surface area (Å²) < 4.78 is 11.3. The third kappa shape index (κ3) is 4.73. The van der Waals surface area contributed by atoms with Crippen LogP contribution in [0, 0.1) is 24.0 Å². The van der Waals surface area contributed by atoms with Crippen molar-refractivity contribution in [2.75, 3.05) is 0 Å². The van der Waals surface area contributed by atoms with E-state index in [9.17, 15) is 14.9 Å². The molecule has 0 spiro atoms. The molecular weight excluding hydrogens is 358 g/mol. The summed E-state index contributed by atoms with van der Waals surface area (Å²) in [6.45, 7) is 3.77. The summed E-state index contributed by atoms with van der Waals surface area (Å²) in [5.41, 5.74) is 2.23. The molecule has 0 saturated heterocycles. The van der Waals surface area contributed by atoms with Gasteiger partial charge < -0.3 is 9.15 Å². The van der Waals surface area contributed by atoms with Gasteiger partial charge >= 0.3 is 0 Å². The van der Waals surface area contributed by atoms with Crippen molar-refractivity contribution in [1.82, 2.24) is 0 Å². The number of ketones is 1. The molecule has 0 aliphatic heterocycles. The Hall–Kier alpha value is -3.67. The molecule has 1 heterocycles. The first kappa shape index (κ1) is 19.1. The van der Waals surface area contributed by atoms with Crippen LogP contribution in [0.2, 0.25) is 0 Å². The van der Waals surface area contributed by atoms with Crippen molar-refractivity contribution in [2.24, 2.45) is 0 Å². The third-order valence-corrected chi connectivity index (χ3v) is 4.13. The molecule has 2 aromatic carbocycles. The van der Waals surface area contributed by atoms with Crippen LogP contribution in [0.4, 0.5) is 5.69 Å². The van der Waals surface area contributed by atoms with Gasteiger partial charge in [-0.3, -0.25) is 14.9 Å². The van der Waals surface area contributed by atoms with Crippen LogP contribution in [0.1, 0.15) is 33.0 Å². The molecule has 0 bridgehead atoms. The average Bonchev–Trinajstić information content (AvgIpc) is 3.12. The van der Waals surface area contributed by atoms with Crippen LogP contribution in [0.5, 0.6) is 5.75 Å². The standard InChI is InChI=1S/C22H19NO5/c1-15-4-3-5-17(12-15)22(24)11-9-18-6-7-20(28-18)14-27-19-8-10-21(23(25)26)16(2)13-19/h3-13H,14H2,1-2H3/b11-9+. The summed E-state index contributed by atoms with van der Waals surface area (Å²) in [6, 6.07) is 15.5. The highest BCUT2D eigenvalue weighted by atomic mass is 16.6. The summed E-state index contributed by atoms with van der Waals surface area (Å²) in [7, 11) is 0. The normalized spacial score (nSPS) is 10.9. The van der Waals surface area contributed by atoms with Crippen LogP contribution in [0.25, 0.3) is 6.08 Å². The van der Waals surface area contributed by atoms with Crippen molar-refractivity contribution in [3.05, 3.63) is 99.0 Å². The van der Waals surface area contributed by atoms with Gasteiger partial charge in [0.2, 0.25) is 0 Å². The number of allylic oxidation sites excluding steroid dienone is 1. The van der Waals surface area contributed by atoms with Gasteiger partial charge in [0.25, 0.3) is 5.69 Å². The molecule has 1 aromatic heterocycles. The second-order valence-corrected chi connectivity index (χ2v) is 6.37. The van der Waals surface area contributed by atoms with E-state index in [0.29, 0.717) is 28.4 Å². The lowest BCUT2D eigenvalue weighted by Gasteiger charge is -2.05. The van der Waals surface area contributed by atoms with Crippen molar-refractivity contribution in [3.63, 3.8) is 0 Å². The number of nitrogens with zero attached hydrogens (tertiary/aromatic N) is 1. The number of carbonyl (C=O) groups excluding carboxylic acids is 1. The molecule has 142 valence electrons. The Labute approximate surface area is 162 Å². The number of furan rings is 1. The summed E-state index contributed by atoms with van der Waals surface area (Å²) in [6.07, 6.45) is 3.09. The summed E-state index contributed by atoms with van der Waals surface area (Å²) in [4.78, 5) is 22.6. The van der Waals surface area contributed by atoms with Gasteiger partial charge in [-0.25, -0.2) is 0 Å². The first-order chi connectivity index (χ1) is 13.4. The lowest BCUT2D eigenvalue weighted by molar-refractivity contribution is -0.385. The lowest BCUT2D eigenvalue weighted by Crippen LogP contribution is -1.96. The largest absolute Gasteiger partial charge is 0.486 e. The molecule has 3 rings (SSSR count). The van der Waals surface area contributed by atoms with Crippen molar-refractivity contribution in [3.8, 4) is 5.75 Å². The predicted molar refractivity (Wildman–Crippen MR) is 105 cm³/mol. The molecule has 6 heteroatoms. The van der Waals surface area contributed by atoms with E-state index in [0.717, 1.165) is 5.56 Å². The molecule has 0 aliphatic carbocycles. The maximum Gasteiger partial charge on any atom is 0.272 e. The minimum absolute atomic E-state index is 0.0519.